The third-order valence-electron chi connectivity index (χ3n) is 7.28. The maximum Gasteiger partial charge on any atom is 0.161 e. The smallest absolute Gasteiger partial charge is 0.161 e. The molecular weight excluding hydrogens is 492 g/mol. The summed E-state index contributed by atoms with van der Waals surface area (Å²) in [4.78, 5) is 12.7. The number of methoxy groups -OCH3 is 1. The number of allylic oxidation sites excluding steroid dienone is 3. The van der Waals surface area contributed by atoms with Gasteiger partial charge in [0.1, 0.15) is 23.9 Å². The van der Waals surface area contributed by atoms with E-state index in [1.54, 1.807) is 31.4 Å². The van der Waals surface area contributed by atoms with E-state index in [0.29, 0.717) is 37.4 Å². The molecule has 0 bridgehead atoms. The second-order valence-corrected chi connectivity index (χ2v) is 10.3. The number of carbonyl (C=O) groups excluding carboxylic acids is 1. The lowest BCUT2D eigenvalue weighted by Gasteiger charge is -2.26. The van der Waals surface area contributed by atoms with Crippen molar-refractivity contribution in [2.24, 2.45) is 11.8 Å². The van der Waals surface area contributed by atoms with E-state index in [0.717, 1.165) is 34.7 Å². The molecule has 0 heterocycles. The first-order chi connectivity index (χ1) is 18.8. The van der Waals surface area contributed by atoms with Crippen molar-refractivity contribution in [3.8, 4) is 17.2 Å². The van der Waals surface area contributed by atoms with Gasteiger partial charge in [0.05, 0.1) is 13.2 Å². The fourth-order valence-corrected chi connectivity index (χ4v) is 5.22. The van der Waals surface area contributed by atoms with E-state index in [-0.39, 0.29) is 35.5 Å². The number of phenolic OH excluding ortho intramolecular Hbond substituents is 1. The van der Waals surface area contributed by atoms with Crippen LogP contribution in [0.1, 0.15) is 50.2 Å². The Bertz CT molecular complexity index is 1340. The van der Waals surface area contributed by atoms with Crippen molar-refractivity contribution in [1.29, 1.82) is 0 Å². The van der Waals surface area contributed by atoms with Gasteiger partial charge in [-0.05, 0) is 95.5 Å². The van der Waals surface area contributed by atoms with E-state index in [9.17, 15) is 20.1 Å². The van der Waals surface area contributed by atoms with E-state index >= 15 is 0 Å². The summed E-state index contributed by atoms with van der Waals surface area (Å²) in [6.45, 7) is 2.47. The molecule has 0 aliphatic heterocycles. The molecule has 0 saturated carbocycles. The van der Waals surface area contributed by atoms with Crippen molar-refractivity contribution >= 4 is 16.6 Å². The first-order valence-electron chi connectivity index (χ1n) is 13.6. The Kier molecular flexibility index (Phi) is 9.66. The van der Waals surface area contributed by atoms with E-state index in [1.807, 2.05) is 48.5 Å². The predicted octanol–water partition coefficient (Wildman–Crippen LogP) is 6.82. The Morgan fingerprint density at radius 3 is 2.51 bits per heavy atom. The molecule has 4 rings (SSSR count). The number of aryl methyl sites for hydroxylation is 1. The molecule has 39 heavy (non-hydrogen) atoms. The molecule has 1 aliphatic carbocycles. The summed E-state index contributed by atoms with van der Waals surface area (Å²) >= 11 is 0. The molecule has 0 fully saturated rings. The second kappa shape index (κ2) is 13.3. The maximum absolute atomic E-state index is 12.7. The van der Waals surface area contributed by atoms with Gasteiger partial charge in [-0.2, -0.15) is 0 Å². The third kappa shape index (κ3) is 7.87. The minimum atomic E-state index is -0.738. The Balaban J connectivity index is 1.31. The molecule has 0 saturated heterocycles. The molecule has 0 spiro atoms. The summed E-state index contributed by atoms with van der Waals surface area (Å²) in [7, 11) is 1.59. The lowest BCUT2D eigenvalue weighted by Crippen LogP contribution is -2.23. The van der Waals surface area contributed by atoms with Gasteiger partial charge in [0.15, 0.2) is 11.5 Å². The Morgan fingerprint density at radius 1 is 0.949 bits per heavy atom. The minimum absolute atomic E-state index is 0.00887. The number of Topliss-reactive ketones (excluding diaryl/α,β-unsaturated/α-hetero) is 1. The van der Waals surface area contributed by atoms with Crippen molar-refractivity contribution in [3.05, 3.63) is 89.7 Å². The van der Waals surface area contributed by atoms with Gasteiger partial charge in [-0.15, -0.1) is 0 Å². The molecule has 3 aromatic rings. The van der Waals surface area contributed by atoms with Gasteiger partial charge in [0.25, 0.3) is 0 Å². The SMILES string of the molecule is CCC[C@@H]1C=CC(O)=C[C@@H]1C[C@H](O)CC(=O)CCc1ccc(OC)c(OCc2ccc3cc(O)ccc3c2)c1. The van der Waals surface area contributed by atoms with Gasteiger partial charge in [0.2, 0.25) is 0 Å². The van der Waals surface area contributed by atoms with Gasteiger partial charge < -0.3 is 24.8 Å². The average molecular weight is 531 g/mol. The average Bonchev–Trinajstić information content (AvgIpc) is 2.92. The summed E-state index contributed by atoms with van der Waals surface area (Å²) < 4.78 is 11.6. The van der Waals surface area contributed by atoms with E-state index in [1.165, 1.54) is 0 Å². The Hall–Kier alpha value is -3.77. The zero-order chi connectivity index (χ0) is 27.8. The number of ether oxygens (including phenoxy) is 2. The van der Waals surface area contributed by atoms with Crippen LogP contribution in [-0.4, -0.2) is 34.3 Å². The standard InChI is InChI=1S/C33H38O6/c1-3-4-24-9-12-29(35)18-27(24)19-31(37)20-30(36)11-6-22-7-14-32(38-2)33(16-22)39-21-23-5-8-26-17-28(34)13-10-25(26)15-23/h5,7-10,12-18,24,27,31,34-35,37H,3-4,6,11,19-21H2,1-2H3/t24-,27-,31+/m1/s1. The molecule has 0 unspecified atom stereocenters. The van der Waals surface area contributed by atoms with Gasteiger partial charge in [-0.25, -0.2) is 0 Å². The van der Waals surface area contributed by atoms with Crippen LogP contribution in [0, 0.1) is 11.8 Å². The van der Waals surface area contributed by atoms with Crippen molar-refractivity contribution in [3.63, 3.8) is 0 Å². The van der Waals surface area contributed by atoms with Crippen molar-refractivity contribution in [2.45, 2.75) is 58.2 Å². The van der Waals surface area contributed by atoms with Crippen LogP contribution in [0.4, 0.5) is 0 Å². The van der Waals surface area contributed by atoms with Crippen molar-refractivity contribution in [1.82, 2.24) is 0 Å². The normalized spacial score (nSPS) is 17.6. The molecule has 0 radical (unpaired) electrons. The molecule has 6 nitrogen and oxygen atoms in total. The molecule has 1 aliphatic rings. The maximum atomic E-state index is 12.7. The molecular formula is C33H38O6. The summed E-state index contributed by atoms with van der Waals surface area (Å²) in [6.07, 6.45) is 8.22. The number of benzene rings is 3. The number of phenols is 1. The lowest BCUT2D eigenvalue weighted by molar-refractivity contribution is -0.121. The van der Waals surface area contributed by atoms with Gasteiger partial charge in [0, 0.05) is 12.8 Å². The van der Waals surface area contributed by atoms with Gasteiger partial charge in [-0.1, -0.05) is 43.7 Å². The van der Waals surface area contributed by atoms with Crippen LogP contribution < -0.4 is 9.47 Å². The first kappa shape index (κ1) is 28.2. The fraction of sp³-hybridized carbons (Fsp3) is 0.364. The van der Waals surface area contributed by atoms with Crippen LogP contribution in [0.3, 0.4) is 0 Å². The van der Waals surface area contributed by atoms with Gasteiger partial charge >= 0.3 is 0 Å². The quantitative estimate of drug-likeness (QED) is 0.224. The highest BCUT2D eigenvalue weighted by Gasteiger charge is 2.24. The Morgan fingerprint density at radius 2 is 1.72 bits per heavy atom. The summed E-state index contributed by atoms with van der Waals surface area (Å²) in [5.74, 6) is 2.00. The van der Waals surface area contributed by atoms with E-state index in [2.05, 4.69) is 6.92 Å². The molecule has 3 N–H and O–H groups in total. The molecule has 0 aromatic heterocycles. The number of aliphatic hydroxyl groups excluding tert-OH is 2. The molecule has 3 atom stereocenters. The fourth-order valence-electron chi connectivity index (χ4n) is 5.22. The van der Waals surface area contributed by atoms with Crippen LogP contribution in [0.2, 0.25) is 0 Å². The number of hydrogen-bond donors (Lipinski definition) is 3. The molecule has 206 valence electrons. The number of ketones is 1. The highest BCUT2D eigenvalue weighted by Crippen LogP contribution is 2.32. The second-order valence-electron chi connectivity index (χ2n) is 10.3. The number of carbonyl (C=O) groups is 1. The van der Waals surface area contributed by atoms with Crippen LogP contribution >= 0.6 is 0 Å². The Labute approximate surface area is 230 Å². The van der Waals surface area contributed by atoms with E-state index < -0.39 is 6.10 Å². The molecule has 3 aromatic carbocycles. The minimum Gasteiger partial charge on any atom is -0.508 e. The van der Waals surface area contributed by atoms with Crippen molar-refractivity contribution in [2.75, 3.05) is 7.11 Å². The summed E-state index contributed by atoms with van der Waals surface area (Å²) in [5, 5.41) is 32.1. The van der Waals surface area contributed by atoms with Gasteiger partial charge in [-0.3, -0.25) is 4.79 Å². The lowest BCUT2D eigenvalue weighted by atomic mass is 9.80. The molecule has 6 heteroatoms. The number of rotatable bonds is 13. The first-order valence-corrected chi connectivity index (χ1v) is 13.6. The number of aromatic hydroxyl groups is 1. The van der Waals surface area contributed by atoms with Crippen LogP contribution in [0.25, 0.3) is 10.8 Å². The van der Waals surface area contributed by atoms with Crippen molar-refractivity contribution < 1.29 is 29.6 Å². The number of hydrogen-bond acceptors (Lipinski definition) is 6. The zero-order valence-corrected chi connectivity index (χ0v) is 22.7. The zero-order valence-electron chi connectivity index (χ0n) is 22.7. The molecule has 0 amide bonds. The highest BCUT2D eigenvalue weighted by atomic mass is 16.5. The third-order valence-corrected chi connectivity index (χ3v) is 7.28. The monoisotopic (exact) mass is 530 g/mol. The largest absolute Gasteiger partial charge is 0.508 e. The summed E-state index contributed by atoms with van der Waals surface area (Å²) in [5.41, 5.74) is 1.94. The predicted molar refractivity (Wildman–Crippen MR) is 153 cm³/mol. The summed E-state index contributed by atoms with van der Waals surface area (Å²) in [6, 6.07) is 16.9. The van der Waals surface area contributed by atoms with Crippen LogP contribution in [0.5, 0.6) is 17.2 Å². The van der Waals surface area contributed by atoms with Crippen LogP contribution in [-0.2, 0) is 17.8 Å². The van der Waals surface area contributed by atoms with Crippen LogP contribution in [0.15, 0.2) is 78.6 Å². The number of aliphatic hydroxyl groups is 2. The van der Waals surface area contributed by atoms with E-state index in [4.69, 9.17) is 9.47 Å². The number of fused-ring (bicyclic) bond motifs is 1. The topological polar surface area (TPSA) is 96.2 Å². The highest BCUT2D eigenvalue weighted by molar-refractivity contribution is 5.84.